The molecule has 0 fully saturated rings. The van der Waals surface area contributed by atoms with Crippen LogP contribution in [0.25, 0.3) is 0 Å². The Kier molecular flexibility index (Phi) is 3.47. The summed E-state index contributed by atoms with van der Waals surface area (Å²) in [6, 6.07) is 7.88. The monoisotopic (exact) mass is 243 g/mol. The van der Waals surface area contributed by atoms with Gasteiger partial charge >= 0.3 is 0 Å². The first-order chi connectivity index (χ1) is 6.03. The van der Waals surface area contributed by atoms with Crippen LogP contribution in [0.5, 0.6) is 0 Å². The third-order valence-corrected chi connectivity index (χ3v) is 2.41. The van der Waals surface area contributed by atoms with Crippen molar-refractivity contribution in [1.82, 2.24) is 0 Å². The Labute approximate surface area is 86.9 Å². The molecule has 0 aliphatic carbocycles. The van der Waals surface area contributed by atoms with Crippen molar-refractivity contribution in [3.8, 4) is 0 Å². The molecule has 1 aromatic rings. The third kappa shape index (κ3) is 3.46. The molecular weight excluding hydrogens is 230 g/mol. The highest BCUT2D eigenvalue weighted by atomic mass is 79.9. The molecule has 1 rings (SSSR count). The van der Waals surface area contributed by atoms with Gasteiger partial charge < -0.3 is 10.8 Å². The molecule has 0 spiro atoms. The number of rotatable bonds is 3. The van der Waals surface area contributed by atoms with E-state index < -0.39 is 5.60 Å². The summed E-state index contributed by atoms with van der Waals surface area (Å²) in [5.41, 5.74) is 5.71. The van der Waals surface area contributed by atoms with Crippen LogP contribution in [0.1, 0.15) is 12.5 Å². The van der Waals surface area contributed by atoms with E-state index >= 15 is 0 Å². The maximum absolute atomic E-state index is 9.73. The van der Waals surface area contributed by atoms with Gasteiger partial charge in [0, 0.05) is 17.4 Å². The van der Waals surface area contributed by atoms with Crippen LogP contribution in [-0.2, 0) is 6.42 Å². The van der Waals surface area contributed by atoms with Gasteiger partial charge in [-0.25, -0.2) is 0 Å². The highest BCUT2D eigenvalue weighted by Crippen LogP contribution is 2.16. The van der Waals surface area contributed by atoms with Crippen LogP contribution < -0.4 is 5.73 Å². The molecule has 3 heteroatoms. The van der Waals surface area contributed by atoms with Crippen LogP contribution in [0.15, 0.2) is 28.7 Å². The van der Waals surface area contributed by atoms with Gasteiger partial charge in [0.2, 0.25) is 0 Å². The Hall–Kier alpha value is -0.380. The molecular formula is C10H14BrNO. The van der Waals surface area contributed by atoms with Crippen LogP contribution in [-0.4, -0.2) is 17.3 Å². The first-order valence-corrected chi connectivity index (χ1v) is 5.00. The van der Waals surface area contributed by atoms with Gasteiger partial charge in [0.15, 0.2) is 0 Å². The summed E-state index contributed by atoms with van der Waals surface area (Å²) in [5, 5.41) is 9.73. The molecule has 0 saturated carbocycles. The third-order valence-electron chi connectivity index (χ3n) is 1.91. The van der Waals surface area contributed by atoms with E-state index in [1.807, 2.05) is 24.3 Å². The minimum absolute atomic E-state index is 0.277. The second kappa shape index (κ2) is 4.22. The molecule has 1 atom stereocenters. The number of nitrogens with two attached hydrogens (primary N) is 1. The number of hydrogen-bond donors (Lipinski definition) is 2. The summed E-state index contributed by atoms with van der Waals surface area (Å²) in [7, 11) is 0. The summed E-state index contributed by atoms with van der Waals surface area (Å²) in [4.78, 5) is 0. The lowest BCUT2D eigenvalue weighted by Crippen LogP contribution is -2.36. The van der Waals surface area contributed by atoms with E-state index in [0.29, 0.717) is 6.42 Å². The summed E-state index contributed by atoms with van der Waals surface area (Å²) >= 11 is 3.38. The first kappa shape index (κ1) is 10.7. The van der Waals surface area contributed by atoms with E-state index in [1.54, 1.807) is 6.92 Å². The maximum Gasteiger partial charge on any atom is 0.0781 e. The van der Waals surface area contributed by atoms with E-state index in [1.165, 1.54) is 0 Å². The van der Waals surface area contributed by atoms with Crippen molar-refractivity contribution in [2.45, 2.75) is 18.9 Å². The summed E-state index contributed by atoms with van der Waals surface area (Å²) < 4.78 is 1.03. The Bertz CT molecular complexity index is 286. The molecule has 0 radical (unpaired) electrons. The molecule has 0 heterocycles. The number of halogens is 1. The molecule has 0 aliphatic rings. The normalized spacial score (nSPS) is 15.4. The zero-order valence-corrected chi connectivity index (χ0v) is 9.21. The molecule has 0 saturated heterocycles. The standard InChI is InChI=1S/C10H14BrNO/c1-10(13,7-12)6-8-3-2-4-9(11)5-8/h2-5,13H,6-7,12H2,1H3. The van der Waals surface area contributed by atoms with Crippen molar-refractivity contribution in [3.05, 3.63) is 34.3 Å². The Morgan fingerprint density at radius 3 is 2.77 bits per heavy atom. The van der Waals surface area contributed by atoms with E-state index in [4.69, 9.17) is 5.73 Å². The lowest BCUT2D eigenvalue weighted by atomic mass is 9.97. The van der Waals surface area contributed by atoms with Gasteiger partial charge in [-0.2, -0.15) is 0 Å². The minimum Gasteiger partial charge on any atom is -0.389 e. The molecule has 0 aromatic heterocycles. The average Bonchev–Trinajstić information content (AvgIpc) is 2.03. The fourth-order valence-electron chi connectivity index (χ4n) is 1.16. The van der Waals surface area contributed by atoms with Crippen LogP contribution >= 0.6 is 15.9 Å². The minimum atomic E-state index is -0.805. The average molecular weight is 244 g/mol. The van der Waals surface area contributed by atoms with Crippen molar-refractivity contribution in [3.63, 3.8) is 0 Å². The molecule has 0 bridgehead atoms. The summed E-state index contributed by atoms with van der Waals surface area (Å²) in [6.07, 6.45) is 0.586. The zero-order valence-electron chi connectivity index (χ0n) is 7.63. The molecule has 1 aromatic carbocycles. The molecule has 1 unspecified atom stereocenters. The predicted molar refractivity (Wildman–Crippen MR) is 57.5 cm³/mol. The van der Waals surface area contributed by atoms with Gasteiger partial charge in [0.25, 0.3) is 0 Å². The lowest BCUT2D eigenvalue weighted by Gasteiger charge is -2.20. The van der Waals surface area contributed by atoms with Crippen LogP contribution in [0.2, 0.25) is 0 Å². The van der Waals surface area contributed by atoms with Crippen LogP contribution in [0, 0.1) is 0 Å². The van der Waals surface area contributed by atoms with Gasteiger partial charge in [-0.1, -0.05) is 28.1 Å². The van der Waals surface area contributed by atoms with Gasteiger partial charge in [-0.05, 0) is 24.6 Å². The second-order valence-electron chi connectivity index (χ2n) is 3.51. The van der Waals surface area contributed by atoms with E-state index in [-0.39, 0.29) is 6.54 Å². The lowest BCUT2D eigenvalue weighted by molar-refractivity contribution is 0.0696. The largest absolute Gasteiger partial charge is 0.389 e. The van der Waals surface area contributed by atoms with Crippen molar-refractivity contribution in [2.75, 3.05) is 6.54 Å². The van der Waals surface area contributed by atoms with Crippen molar-refractivity contribution < 1.29 is 5.11 Å². The fourth-order valence-corrected chi connectivity index (χ4v) is 1.61. The Morgan fingerprint density at radius 2 is 2.23 bits per heavy atom. The number of aliphatic hydroxyl groups is 1. The smallest absolute Gasteiger partial charge is 0.0781 e. The van der Waals surface area contributed by atoms with Gasteiger partial charge in [0.1, 0.15) is 0 Å². The van der Waals surface area contributed by atoms with Crippen molar-refractivity contribution in [1.29, 1.82) is 0 Å². The van der Waals surface area contributed by atoms with E-state index in [9.17, 15) is 5.11 Å². The van der Waals surface area contributed by atoms with Crippen LogP contribution in [0.3, 0.4) is 0 Å². The molecule has 2 nitrogen and oxygen atoms in total. The van der Waals surface area contributed by atoms with Gasteiger partial charge in [-0.15, -0.1) is 0 Å². The van der Waals surface area contributed by atoms with Gasteiger partial charge in [-0.3, -0.25) is 0 Å². The molecule has 0 aliphatic heterocycles. The highest BCUT2D eigenvalue weighted by molar-refractivity contribution is 9.10. The quantitative estimate of drug-likeness (QED) is 0.850. The first-order valence-electron chi connectivity index (χ1n) is 4.20. The SMILES string of the molecule is CC(O)(CN)Cc1cccc(Br)c1. The van der Waals surface area contributed by atoms with E-state index in [0.717, 1.165) is 10.0 Å². The maximum atomic E-state index is 9.73. The fraction of sp³-hybridized carbons (Fsp3) is 0.400. The predicted octanol–water partition coefficient (Wildman–Crippen LogP) is 1.70. The second-order valence-corrected chi connectivity index (χ2v) is 4.42. The van der Waals surface area contributed by atoms with Gasteiger partial charge in [0.05, 0.1) is 5.60 Å². The molecule has 3 N–H and O–H groups in total. The van der Waals surface area contributed by atoms with Crippen molar-refractivity contribution in [2.24, 2.45) is 5.73 Å². The van der Waals surface area contributed by atoms with Crippen molar-refractivity contribution >= 4 is 15.9 Å². The summed E-state index contributed by atoms with van der Waals surface area (Å²) in [6.45, 7) is 2.02. The topological polar surface area (TPSA) is 46.2 Å². The van der Waals surface area contributed by atoms with E-state index in [2.05, 4.69) is 15.9 Å². The molecule has 13 heavy (non-hydrogen) atoms. The Morgan fingerprint density at radius 1 is 1.54 bits per heavy atom. The number of hydrogen-bond acceptors (Lipinski definition) is 2. The number of benzene rings is 1. The molecule has 72 valence electrons. The summed E-state index contributed by atoms with van der Waals surface area (Å²) in [5.74, 6) is 0. The highest BCUT2D eigenvalue weighted by Gasteiger charge is 2.18. The molecule has 0 amide bonds. The Balaban J connectivity index is 2.74. The van der Waals surface area contributed by atoms with Crippen LogP contribution in [0.4, 0.5) is 0 Å². The zero-order chi connectivity index (χ0) is 9.90.